The highest BCUT2D eigenvalue weighted by molar-refractivity contribution is 6.99. The lowest BCUT2D eigenvalue weighted by Crippen LogP contribution is -2.66. The van der Waals surface area contributed by atoms with Crippen LogP contribution in [0.25, 0.3) is 0 Å². The fraction of sp³-hybridized carbons (Fsp3) is 0.261. The summed E-state index contributed by atoms with van der Waals surface area (Å²) in [5, 5.41) is 2.32. The summed E-state index contributed by atoms with van der Waals surface area (Å²) in [6, 6.07) is 22.6. The van der Waals surface area contributed by atoms with Gasteiger partial charge in [-0.25, -0.2) is 4.79 Å². The first-order valence-corrected chi connectivity index (χ1v) is 11.2. The van der Waals surface area contributed by atoms with Gasteiger partial charge in [-0.2, -0.15) is 0 Å². The van der Waals surface area contributed by atoms with Gasteiger partial charge < -0.3 is 13.6 Å². The minimum absolute atomic E-state index is 0.107. The summed E-state index contributed by atoms with van der Waals surface area (Å²) in [5.41, 5.74) is 0.813. The quantitative estimate of drug-likeness (QED) is 0.466. The van der Waals surface area contributed by atoms with E-state index < -0.39 is 14.3 Å². The number of ether oxygens (including phenoxy) is 1. The summed E-state index contributed by atoms with van der Waals surface area (Å²) in [6.07, 6.45) is 1.56. The Morgan fingerprint density at radius 2 is 1.50 bits per heavy atom. The van der Waals surface area contributed by atoms with Crippen LogP contribution in [0.3, 0.4) is 0 Å². The van der Waals surface area contributed by atoms with Crippen LogP contribution in [-0.2, 0) is 15.8 Å². The Morgan fingerprint density at radius 3 is 1.96 bits per heavy atom. The van der Waals surface area contributed by atoms with Crippen molar-refractivity contribution in [3.8, 4) is 0 Å². The van der Waals surface area contributed by atoms with E-state index in [4.69, 9.17) is 13.6 Å². The lowest BCUT2D eigenvalue weighted by molar-refractivity contribution is 0.0565. The molecular weight excluding hydrogens is 368 g/mol. The molecule has 5 heteroatoms. The van der Waals surface area contributed by atoms with E-state index in [1.807, 2.05) is 12.1 Å². The minimum atomic E-state index is -2.62. The van der Waals surface area contributed by atoms with Crippen LogP contribution < -0.4 is 10.4 Å². The third-order valence-electron chi connectivity index (χ3n) is 4.91. The maximum absolute atomic E-state index is 11.7. The van der Waals surface area contributed by atoms with Crippen LogP contribution in [-0.4, -0.2) is 21.4 Å². The van der Waals surface area contributed by atoms with Crippen LogP contribution >= 0.6 is 0 Å². The van der Waals surface area contributed by atoms with Gasteiger partial charge >= 0.3 is 5.97 Å². The second-order valence-electron chi connectivity index (χ2n) is 7.76. The van der Waals surface area contributed by atoms with Crippen molar-refractivity contribution < 1.29 is 18.4 Å². The van der Waals surface area contributed by atoms with Crippen molar-refractivity contribution in [3.05, 3.63) is 84.3 Å². The van der Waals surface area contributed by atoms with E-state index in [1.54, 1.807) is 12.3 Å². The molecule has 0 amide bonds. The number of benzene rings is 2. The van der Waals surface area contributed by atoms with Crippen molar-refractivity contribution in [2.75, 3.05) is 7.11 Å². The van der Waals surface area contributed by atoms with Crippen molar-refractivity contribution in [2.24, 2.45) is 0 Å². The van der Waals surface area contributed by atoms with Gasteiger partial charge in [-0.3, -0.25) is 0 Å². The molecule has 0 bridgehead atoms. The first-order valence-electron chi connectivity index (χ1n) is 9.29. The third kappa shape index (κ3) is 3.81. The van der Waals surface area contributed by atoms with Crippen LogP contribution in [0.1, 0.15) is 36.9 Å². The zero-order valence-corrected chi connectivity index (χ0v) is 17.8. The predicted molar refractivity (Wildman–Crippen MR) is 112 cm³/mol. The Balaban J connectivity index is 2.04. The number of esters is 1. The van der Waals surface area contributed by atoms with E-state index in [0.717, 1.165) is 5.56 Å². The molecule has 0 unspecified atom stereocenters. The summed E-state index contributed by atoms with van der Waals surface area (Å²) >= 11 is 0. The molecule has 0 fully saturated rings. The maximum Gasteiger partial charge on any atom is 0.373 e. The Hall–Kier alpha value is -2.63. The molecule has 0 radical (unpaired) electrons. The normalized spacial score (nSPS) is 12.0. The largest absolute Gasteiger partial charge is 0.463 e. The van der Waals surface area contributed by atoms with Crippen molar-refractivity contribution in [2.45, 2.75) is 32.4 Å². The van der Waals surface area contributed by atoms with Gasteiger partial charge in [0.2, 0.25) is 5.76 Å². The second-order valence-corrected chi connectivity index (χ2v) is 12.1. The molecule has 0 aliphatic heterocycles. The number of carbonyl (C=O) groups excluding carboxylic acids is 1. The van der Waals surface area contributed by atoms with Crippen molar-refractivity contribution in [1.29, 1.82) is 0 Å². The van der Waals surface area contributed by atoms with Gasteiger partial charge in [0, 0.05) is 5.56 Å². The molecule has 1 heterocycles. The summed E-state index contributed by atoms with van der Waals surface area (Å²) in [7, 11) is -1.28. The Bertz CT molecular complexity index is 871. The number of carbonyl (C=O) groups is 1. The van der Waals surface area contributed by atoms with Gasteiger partial charge in [0.25, 0.3) is 8.32 Å². The number of hydrogen-bond acceptors (Lipinski definition) is 4. The van der Waals surface area contributed by atoms with Gasteiger partial charge in [0.15, 0.2) is 0 Å². The zero-order valence-electron chi connectivity index (χ0n) is 16.8. The van der Waals surface area contributed by atoms with Crippen LogP contribution in [0.2, 0.25) is 5.04 Å². The average molecular weight is 395 g/mol. The molecule has 2 aromatic carbocycles. The molecular formula is C23H26O4Si. The molecule has 3 aromatic rings. The molecule has 28 heavy (non-hydrogen) atoms. The number of rotatable bonds is 6. The Kier molecular flexibility index (Phi) is 5.86. The molecule has 0 N–H and O–H groups in total. The van der Waals surface area contributed by atoms with E-state index in [1.165, 1.54) is 17.5 Å². The summed E-state index contributed by atoms with van der Waals surface area (Å²) in [6.45, 7) is 7.05. The third-order valence-corrected chi connectivity index (χ3v) is 9.89. The summed E-state index contributed by atoms with van der Waals surface area (Å²) in [5.74, 6) is -0.305. The predicted octanol–water partition coefficient (Wildman–Crippen LogP) is 4.14. The molecule has 0 aliphatic rings. The fourth-order valence-electron chi connectivity index (χ4n) is 3.61. The minimum Gasteiger partial charge on any atom is -0.463 e. The van der Waals surface area contributed by atoms with Crippen molar-refractivity contribution >= 4 is 24.7 Å². The highest BCUT2D eigenvalue weighted by Crippen LogP contribution is 2.37. The van der Waals surface area contributed by atoms with Gasteiger partial charge in [-0.1, -0.05) is 81.4 Å². The molecule has 1 aromatic heterocycles. The van der Waals surface area contributed by atoms with Crippen molar-refractivity contribution in [3.63, 3.8) is 0 Å². The van der Waals surface area contributed by atoms with Gasteiger partial charge in [0.1, 0.15) is 0 Å². The van der Waals surface area contributed by atoms with E-state index in [9.17, 15) is 4.79 Å². The fourth-order valence-corrected chi connectivity index (χ4v) is 8.15. The van der Waals surface area contributed by atoms with E-state index in [2.05, 4.69) is 69.3 Å². The molecule has 3 rings (SSSR count). The number of methoxy groups -OCH3 is 1. The molecule has 146 valence electrons. The Morgan fingerprint density at radius 1 is 0.964 bits per heavy atom. The van der Waals surface area contributed by atoms with Crippen LogP contribution in [0.4, 0.5) is 0 Å². The van der Waals surface area contributed by atoms with Crippen LogP contribution in [0.5, 0.6) is 0 Å². The van der Waals surface area contributed by atoms with Crippen LogP contribution in [0, 0.1) is 0 Å². The average Bonchev–Trinajstić information content (AvgIpc) is 3.17. The number of furan rings is 1. The van der Waals surface area contributed by atoms with E-state index >= 15 is 0 Å². The van der Waals surface area contributed by atoms with Crippen molar-refractivity contribution in [1.82, 2.24) is 0 Å². The van der Waals surface area contributed by atoms with Gasteiger partial charge in [0.05, 0.1) is 20.0 Å². The topological polar surface area (TPSA) is 48.7 Å². The van der Waals surface area contributed by atoms with E-state index in [0.29, 0.717) is 6.61 Å². The standard InChI is InChI=1S/C23H26O4Si/c1-23(2,3)28(19-11-7-5-8-12-19,20-13-9-6-10-14-20)27-17-18-15-21(26-16-18)22(24)25-4/h5-16H,17H2,1-4H3. The molecule has 0 saturated carbocycles. The van der Waals surface area contributed by atoms with Gasteiger partial charge in [-0.15, -0.1) is 0 Å². The maximum atomic E-state index is 11.7. The molecule has 0 atom stereocenters. The van der Waals surface area contributed by atoms with Gasteiger partial charge in [-0.05, 0) is 21.5 Å². The SMILES string of the molecule is COC(=O)c1cc(CO[Si](c2ccccc2)(c2ccccc2)C(C)(C)C)co1. The van der Waals surface area contributed by atoms with Crippen LogP contribution in [0.15, 0.2) is 77.4 Å². The highest BCUT2D eigenvalue weighted by atomic mass is 28.4. The highest BCUT2D eigenvalue weighted by Gasteiger charge is 2.50. The molecule has 0 aliphatic carbocycles. The smallest absolute Gasteiger partial charge is 0.373 e. The Labute approximate surface area is 167 Å². The lowest BCUT2D eigenvalue weighted by Gasteiger charge is -2.43. The first-order chi connectivity index (χ1) is 13.4. The summed E-state index contributed by atoms with van der Waals surface area (Å²) < 4.78 is 16.9. The molecule has 0 spiro atoms. The van der Waals surface area contributed by atoms with E-state index in [-0.39, 0.29) is 10.8 Å². The lowest BCUT2D eigenvalue weighted by atomic mass is 10.2. The zero-order chi connectivity index (χ0) is 20.2. The molecule has 0 saturated heterocycles. The summed E-state index contributed by atoms with van der Waals surface area (Å²) in [4.78, 5) is 11.7. The number of hydrogen-bond donors (Lipinski definition) is 0. The molecule has 4 nitrogen and oxygen atoms in total. The monoisotopic (exact) mass is 394 g/mol. The first kappa shape index (κ1) is 20.1. The second kappa shape index (κ2) is 8.16.